The molecule has 1 unspecified atom stereocenters. The second kappa shape index (κ2) is 5.15. The van der Waals surface area contributed by atoms with Crippen LogP contribution in [0.3, 0.4) is 0 Å². The first-order valence-corrected chi connectivity index (χ1v) is 4.77. The number of oxime groups is 1. The lowest BCUT2D eigenvalue weighted by atomic mass is 10.1. The van der Waals surface area contributed by atoms with Gasteiger partial charge in [-0.05, 0) is 6.92 Å². The Balaban J connectivity index is 2.51. The zero-order valence-electron chi connectivity index (χ0n) is 9.21. The molecule has 7 nitrogen and oxygen atoms in total. The van der Waals surface area contributed by atoms with E-state index in [0.717, 1.165) is 5.82 Å². The van der Waals surface area contributed by atoms with E-state index < -0.39 is 5.92 Å². The standard InChI is InChI=1S/C9H15N5O2/c1-6(8(10)13-16)9(15)12-5-7-11-3-4-14(7)2/h3-4,6,16H,5H2,1-2H3,(H2,10,13)(H,12,15). The van der Waals surface area contributed by atoms with E-state index in [0.29, 0.717) is 6.54 Å². The van der Waals surface area contributed by atoms with Crippen molar-refractivity contribution in [2.24, 2.45) is 23.9 Å². The highest BCUT2D eigenvalue weighted by Crippen LogP contribution is 1.97. The predicted molar refractivity (Wildman–Crippen MR) is 57.6 cm³/mol. The lowest BCUT2D eigenvalue weighted by Gasteiger charge is -2.10. The van der Waals surface area contributed by atoms with Gasteiger partial charge in [0.2, 0.25) is 5.91 Å². The van der Waals surface area contributed by atoms with Gasteiger partial charge in [0.05, 0.1) is 12.5 Å². The summed E-state index contributed by atoms with van der Waals surface area (Å²) in [5.41, 5.74) is 5.31. The molecule has 1 atom stereocenters. The number of nitrogens with one attached hydrogen (secondary N) is 1. The number of nitrogens with zero attached hydrogens (tertiary/aromatic N) is 3. The van der Waals surface area contributed by atoms with E-state index in [-0.39, 0.29) is 11.7 Å². The van der Waals surface area contributed by atoms with E-state index in [1.54, 1.807) is 23.9 Å². The molecule has 0 bridgehead atoms. The van der Waals surface area contributed by atoms with Gasteiger partial charge in [-0.1, -0.05) is 5.16 Å². The third-order valence-electron chi connectivity index (χ3n) is 2.29. The van der Waals surface area contributed by atoms with Crippen LogP contribution in [0.5, 0.6) is 0 Å². The molecule has 0 saturated heterocycles. The molecule has 0 aliphatic carbocycles. The fraction of sp³-hybridized carbons (Fsp3) is 0.444. The number of carbonyl (C=O) groups is 1. The minimum absolute atomic E-state index is 0.114. The number of carbonyl (C=O) groups excluding carboxylic acids is 1. The summed E-state index contributed by atoms with van der Waals surface area (Å²) < 4.78 is 1.80. The molecule has 0 aromatic carbocycles. The van der Waals surface area contributed by atoms with Gasteiger partial charge in [-0.25, -0.2) is 4.98 Å². The van der Waals surface area contributed by atoms with Crippen molar-refractivity contribution in [1.82, 2.24) is 14.9 Å². The molecule has 0 aliphatic rings. The van der Waals surface area contributed by atoms with Crippen molar-refractivity contribution >= 4 is 11.7 Å². The van der Waals surface area contributed by atoms with Gasteiger partial charge >= 0.3 is 0 Å². The van der Waals surface area contributed by atoms with Gasteiger partial charge in [0, 0.05) is 19.4 Å². The maximum atomic E-state index is 11.5. The lowest BCUT2D eigenvalue weighted by Crippen LogP contribution is -2.37. The van der Waals surface area contributed by atoms with Crippen molar-refractivity contribution in [2.75, 3.05) is 0 Å². The molecule has 1 amide bonds. The van der Waals surface area contributed by atoms with Crippen LogP contribution in [0.15, 0.2) is 17.5 Å². The Morgan fingerprint density at radius 1 is 1.81 bits per heavy atom. The third-order valence-corrected chi connectivity index (χ3v) is 2.29. The Labute approximate surface area is 93.0 Å². The summed E-state index contributed by atoms with van der Waals surface area (Å²) in [6.07, 6.45) is 3.43. The van der Waals surface area contributed by atoms with Gasteiger partial charge in [0.25, 0.3) is 0 Å². The van der Waals surface area contributed by atoms with Gasteiger partial charge in [0.1, 0.15) is 5.82 Å². The van der Waals surface area contributed by atoms with Crippen LogP contribution in [0.2, 0.25) is 0 Å². The minimum atomic E-state index is -0.662. The van der Waals surface area contributed by atoms with E-state index in [2.05, 4.69) is 15.5 Å². The molecule has 88 valence electrons. The van der Waals surface area contributed by atoms with Crippen LogP contribution in [0, 0.1) is 5.92 Å². The molecule has 4 N–H and O–H groups in total. The summed E-state index contributed by atoms with van der Waals surface area (Å²) in [5.74, 6) is -0.346. The zero-order chi connectivity index (χ0) is 12.1. The summed E-state index contributed by atoms with van der Waals surface area (Å²) in [6, 6.07) is 0. The van der Waals surface area contributed by atoms with Crippen LogP contribution >= 0.6 is 0 Å². The first kappa shape index (κ1) is 12.0. The highest BCUT2D eigenvalue weighted by Gasteiger charge is 2.17. The van der Waals surface area contributed by atoms with Crippen LogP contribution in [-0.2, 0) is 18.4 Å². The van der Waals surface area contributed by atoms with E-state index >= 15 is 0 Å². The number of amidine groups is 1. The summed E-state index contributed by atoms with van der Waals surface area (Å²) in [7, 11) is 1.83. The number of aromatic nitrogens is 2. The van der Waals surface area contributed by atoms with Crippen LogP contribution in [0.1, 0.15) is 12.7 Å². The Hall–Kier alpha value is -2.05. The number of rotatable bonds is 4. The average Bonchev–Trinajstić information content (AvgIpc) is 2.69. The van der Waals surface area contributed by atoms with Crippen molar-refractivity contribution in [3.63, 3.8) is 0 Å². The van der Waals surface area contributed by atoms with Crippen LogP contribution < -0.4 is 11.1 Å². The average molecular weight is 225 g/mol. The maximum absolute atomic E-state index is 11.5. The molecule has 1 aromatic heterocycles. The second-order valence-electron chi connectivity index (χ2n) is 3.42. The first-order chi connectivity index (χ1) is 7.56. The minimum Gasteiger partial charge on any atom is -0.409 e. The molecule has 1 rings (SSSR count). The predicted octanol–water partition coefficient (Wildman–Crippen LogP) is -0.581. The van der Waals surface area contributed by atoms with Gasteiger partial charge in [-0.2, -0.15) is 0 Å². The smallest absolute Gasteiger partial charge is 0.230 e. The van der Waals surface area contributed by atoms with E-state index in [4.69, 9.17) is 10.9 Å². The number of hydrogen-bond acceptors (Lipinski definition) is 4. The first-order valence-electron chi connectivity index (χ1n) is 4.77. The Morgan fingerprint density at radius 3 is 3.00 bits per heavy atom. The van der Waals surface area contributed by atoms with Gasteiger partial charge < -0.3 is 20.8 Å². The fourth-order valence-corrected chi connectivity index (χ4v) is 1.11. The largest absolute Gasteiger partial charge is 0.409 e. The molecular weight excluding hydrogens is 210 g/mol. The Kier molecular flexibility index (Phi) is 3.87. The molecule has 0 spiro atoms. The summed E-state index contributed by atoms with van der Waals surface area (Å²) >= 11 is 0. The van der Waals surface area contributed by atoms with Crippen LogP contribution in [0.25, 0.3) is 0 Å². The maximum Gasteiger partial charge on any atom is 0.230 e. The SMILES string of the molecule is CC(C(=O)NCc1nccn1C)C(N)=NO. The fourth-order valence-electron chi connectivity index (χ4n) is 1.11. The summed E-state index contributed by atoms with van der Waals surface area (Å²) in [5, 5.41) is 13.8. The molecule has 7 heteroatoms. The summed E-state index contributed by atoms with van der Waals surface area (Å²) in [6.45, 7) is 1.87. The molecule has 0 aliphatic heterocycles. The molecule has 0 fully saturated rings. The number of aryl methyl sites for hydroxylation is 1. The monoisotopic (exact) mass is 225 g/mol. The van der Waals surface area contributed by atoms with E-state index in [1.807, 2.05) is 7.05 Å². The van der Waals surface area contributed by atoms with E-state index in [9.17, 15) is 4.79 Å². The van der Waals surface area contributed by atoms with Crippen LogP contribution in [0.4, 0.5) is 0 Å². The van der Waals surface area contributed by atoms with Crippen molar-refractivity contribution in [3.8, 4) is 0 Å². The molecule has 0 radical (unpaired) electrons. The molecule has 16 heavy (non-hydrogen) atoms. The third kappa shape index (κ3) is 2.72. The number of amides is 1. The Morgan fingerprint density at radius 2 is 2.50 bits per heavy atom. The quantitative estimate of drug-likeness (QED) is 0.276. The van der Waals surface area contributed by atoms with Gasteiger partial charge in [-0.15, -0.1) is 0 Å². The molecule has 1 heterocycles. The topological polar surface area (TPSA) is 106 Å². The lowest BCUT2D eigenvalue weighted by molar-refractivity contribution is -0.122. The molecular formula is C9H15N5O2. The Bertz CT molecular complexity index is 398. The van der Waals surface area contributed by atoms with Crippen molar-refractivity contribution in [1.29, 1.82) is 0 Å². The normalized spacial score (nSPS) is 13.5. The highest BCUT2D eigenvalue weighted by molar-refractivity contribution is 6.01. The van der Waals surface area contributed by atoms with Gasteiger partial charge in [0.15, 0.2) is 5.84 Å². The molecule has 0 saturated carbocycles. The highest BCUT2D eigenvalue weighted by atomic mass is 16.4. The number of imidazole rings is 1. The van der Waals surface area contributed by atoms with Crippen LogP contribution in [-0.4, -0.2) is 26.5 Å². The van der Waals surface area contributed by atoms with Gasteiger partial charge in [-0.3, -0.25) is 4.79 Å². The van der Waals surface area contributed by atoms with Crippen molar-refractivity contribution in [3.05, 3.63) is 18.2 Å². The molecule has 1 aromatic rings. The van der Waals surface area contributed by atoms with Crippen molar-refractivity contribution < 1.29 is 10.0 Å². The zero-order valence-corrected chi connectivity index (χ0v) is 9.21. The second-order valence-corrected chi connectivity index (χ2v) is 3.42. The van der Waals surface area contributed by atoms with Crippen molar-refractivity contribution in [2.45, 2.75) is 13.5 Å². The van der Waals surface area contributed by atoms with E-state index in [1.165, 1.54) is 0 Å². The summed E-state index contributed by atoms with van der Waals surface area (Å²) in [4.78, 5) is 15.6. The number of hydrogen-bond donors (Lipinski definition) is 3. The number of nitrogens with two attached hydrogens (primary N) is 1.